The maximum Gasteiger partial charge on any atom is 0.224 e. The average Bonchev–Trinajstić information content (AvgIpc) is 3.54. The predicted molar refractivity (Wildman–Crippen MR) is 129 cm³/mol. The van der Waals surface area contributed by atoms with Crippen molar-refractivity contribution in [2.75, 3.05) is 44.7 Å². The summed E-state index contributed by atoms with van der Waals surface area (Å²) >= 11 is 1.32. The van der Waals surface area contributed by atoms with Crippen LogP contribution >= 0.6 is 11.5 Å². The van der Waals surface area contributed by atoms with Gasteiger partial charge in [-0.15, -0.1) is 0 Å². The standard InChI is InChI=1S/C24H29N5O4S/c1-18(30)27-10-12-28(13-11-27)23(31)8-9-29(17-21-7-4-14-33-21)24-25-22(26-34-24)16-19-5-3-6-20(15-19)32-2/h3-7,14-15H,8-13,16-17H2,1-2H3. The van der Waals surface area contributed by atoms with Crippen molar-refractivity contribution < 1.29 is 18.7 Å². The lowest BCUT2D eigenvalue weighted by atomic mass is 10.1. The molecule has 0 unspecified atom stereocenters. The molecular formula is C24H29N5O4S. The summed E-state index contributed by atoms with van der Waals surface area (Å²) in [5.74, 6) is 2.46. The van der Waals surface area contributed by atoms with Gasteiger partial charge in [-0.25, -0.2) is 4.98 Å². The van der Waals surface area contributed by atoms with Crippen molar-refractivity contribution >= 4 is 28.5 Å². The van der Waals surface area contributed by atoms with E-state index in [1.807, 2.05) is 46.2 Å². The predicted octanol–water partition coefficient (Wildman–Crippen LogP) is 2.82. The maximum absolute atomic E-state index is 12.8. The number of amides is 2. The van der Waals surface area contributed by atoms with E-state index in [0.717, 1.165) is 28.0 Å². The van der Waals surface area contributed by atoms with Crippen molar-refractivity contribution in [3.63, 3.8) is 0 Å². The number of hydrogen-bond donors (Lipinski definition) is 0. The Morgan fingerprint density at radius 1 is 1.15 bits per heavy atom. The molecule has 1 aromatic carbocycles. The molecule has 2 amide bonds. The van der Waals surface area contributed by atoms with Crippen LogP contribution in [0.3, 0.4) is 0 Å². The summed E-state index contributed by atoms with van der Waals surface area (Å²) in [7, 11) is 1.65. The number of rotatable bonds is 9. The third-order valence-electron chi connectivity index (χ3n) is 5.82. The van der Waals surface area contributed by atoms with Gasteiger partial charge in [-0.3, -0.25) is 9.59 Å². The Kier molecular flexibility index (Phi) is 7.79. The Hall–Kier alpha value is -3.40. The van der Waals surface area contributed by atoms with E-state index in [-0.39, 0.29) is 11.8 Å². The lowest BCUT2D eigenvalue weighted by Crippen LogP contribution is -2.50. The molecule has 2 aromatic heterocycles. The summed E-state index contributed by atoms with van der Waals surface area (Å²) in [5.41, 5.74) is 1.07. The first-order valence-corrected chi connectivity index (χ1v) is 12.1. The fraction of sp³-hybridized carbons (Fsp3) is 0.417. The molecule has 10 heteroatoms. The van der Waals surface area contributed by atoms with Crippen LogP contribution in [0.1, 0.15) is 30.5 Å². The number of benzene rings is 1. The summed E-state index contributed by atoms with van der Waals surface area (Å²) in [5, 5.41) is 0.753. The largest absolute Gasteiger partial charge is 0.497 e. The van der Waals surface area contributed by atoms with Gasteiger partial charge in [-0.2, -0.15) is 4.37 Å². The molecule has 0 spiro atoms. The quantitative estimate of drug-likeness (QED) is 0.462. The molecule has 0 aliphatic carbocycles. The van der Waals surface area contributed by atoms with Crippen molar-refractivity contribution in [3.8, 4) is 5.75 Å². The van der Waals surface area contributed by atoms with E-state index in [9.17, 15) is 9.59 Å². The Bertz CT molecular complexity index is 1090. The van der Waals surface area contributed by atoms with Gasteiger partial charge in [0.25, 0.3) is 0 Å². The van der Waals surface area contributed by atoms with E-state index in [0.29, 0.717) is 52.1 Å². The molecule has 0 atom stereocenters. The second-order valence-corrected chi connectivity index (χ2v) is 8.89. The minimum atomic E-state index is 0.0535. The molecule has 9 nitrogen and oxygen atoms in total. The normalized spacial score (nSPS) is 13.7. The van der Waals surface area contributed by atoms with E-state index in [2.05, 4.69) is 4.37 Å². The van der Waals surface area contributed by atoms with E-state index in [4.69, 9.17) is 14.1 Å². The van der Waals surface area contributed by atoms with E-state index >= 15 is 0 Å². The molecule has 0 bridgehead atoms. The molecular weight excluding hydrogens is 454 g/mol. The molecule has 34 heavy (non-hydrogen) atoms. The van der Waals surface area contributed by atoms with Crippen LogP contribution in [0.2, 0.25) is 0 Å². The Morgan fingerprint density at radius 3 is 2.65 bits per heavy atom. The summed E-state index contributed by atoms with van der Waals surface area (Å²) in [6.07, 6.45) is 2.59. The zero-order valence-corrected chi connectivity index (χ0v) is 20.3. The SMILES string of the molecule is COc1cccc(Cc2nsc(N(CCC(=O)N3CCN(C(C)=O)CC3)Cc3ccco3)n2)c1. The minimum absolute atomic E-state index is 0.0535. The van der Waals surface area contributed by atoms with Gasteiger partial charge in [0, 0.05) is 64.0 Å². The molecule has 0 saturated carbocycles. The second kappa shape index (κ2) is 11.1. The van der Waals surface area contributed by atoms with Crippen molar-refractivity contribution in [1.29, 1.82) is 0 Å². The highest BCUT2D eigenvalue weighted by Gasteiger charge is 2.23. The van der Waals surface area contributed by atoms with Crippen molar-refractivity contribution in [1.82, 2.24) is 19.2 Å². The number of ether oxygens (including phenoxy) is 1. The molecule has 180 valence electrons. The van der Waals surface area contributed by atoms with Crippen LogP contribution in [0, 0.1) is 0 Å². The number of carbonyl (C=O) groups excluding carboxylic acids is 2. The molecule has 1 fully saturated rings. The third kappa shape index (κ3) is 6.13. The number of furan rings is 1. The van der Waals surface area contributed by atoms with Gasteiger partial charge in [0.05, 0.1) is 19.9 Å². The van der Waals surface area contributed by atoms with Crippen LogP contribution in [-0.2, 0) is 22.6 Å². The molecule has 3 heterocycles. The first-order valence-electron chi connectivity index (χ1n) is 11.3. The van der Waals surface area contributed by atoms with Gasteiger partial charge in [-0.1, -0.05) is 12.1 Å². The highest BCUT2D eigenvalue weighted by molar-refractivity contribution is 7.09. The molecule has 1 aliphatic rings. The Morgan fingerprint density at radius 2 is 1.94 bits per heavy atom. The number of hydrogen-bond acceptors (Lipinski definition) is 8. The van der Waals surface area contributed by atoms with Crippen molar-refractivity contribution in [2.24, 2.45) is 0 Å². The van der Waals surface area contributed by atoms with Gasteiger partial charge < -0.3 is 23.9 Å². The smallest absolute Gasteiger partial charge is 0.224 e. The van der Waals surface area contributed by atoms with Crippen LogP contribution in [0.5, 0.6) is 5.75 Å². The average molecular weight is 484 g/mol. The molecule has 0 radical (unpaired) electrons. The summed E-state index contributed by atoms with van der Waals surface area (Å²) < 4.78 is 15.4. The van der Waals surface area contributed by atoms with Crippen molar-refractivity contribution in [3.05, 3.63) is 59.8 Å². The third-order valence-corrected chi connectivity index (χ3v) is 6.64. The monoisotopic (exact) mass is 483 g/mol. The lowest BCUT2D eigenvalue weighted by Gasteiger charge is -2.34. The van der Waals surface area contributed by atoms with Crippen LogP contribution < -0.4 is 9.64 Å². The number of methoxy groups -OCH3 is 1. The van der Waals surface area contributed by atoms with E-state index in [1.165, 1.54) is 11.5 Å². The second-order valence-electron chi connectivity index (χ2n) is 8.16. The Balaban J connectivity index is 1.40. The number of anilines is 1. The van der Waals surface area contributed by atoms with Crippen LogP contribution in [0.25, 0.3) is 0 Å². The van der Waals surface area contributed by atoms with Crippen LogP contribution in [-0.4, -0.2) is 70.8 Å². The zero-order chi connectivity index (χ0) is 23.9. The fourth-order valence-corrected chi connectivity index (χ4v) is 4.61. The molecule has 3 aromatic rings. The van der Waals surface area contributed by atoms with Crippen LogP contribution in [0.15, 0.2) is 47.1 Å². The number of aromatic nitrogens is 2. The maximum atomic E-state index is 12.8. The number of piperazine rings is 1. The lowest BCUT2D eigenvalue weighted by molar-refractivity contribution is -0.138. The van der Waals surface area contributed by atoms with Gasteiger partial charge >= 0.3 is 0 Å². The van der Waals surface area contributed by atoms with Crippen molar-refractivity contribution in [2.45, 2.75) is 26.3 Å². The zero-order valence-electron chi connectivity index (χ0n) is 19.5. The summed E-state index contributed by atoms with van der Waals surface area (Å²) in [4.78, 5) is 34.8. The van der Waals surface area contributed by atoms with E-state index in [1.54, 1.807) is 25.2 Å². The fourth-order valence-electron chi connectivity index (χ4n) is 3.90. The molecule has 1 aliphatic heterocycles. The first-order chi connectivity index (χ1) is 16.5. The molecule has 1 saturated heterocycles. The summed E-state index contributed by atoms with van der Waals surface area (Å²) in [6, 6.07) is 11.6. The highest BCUT2D eigenvalue weighted by atomic mass is 32.1. The van der Waals surface area contributed by atoms with Gasteiger partial charge in [0.2, 0.25) is 16.9 Å². The van der Waals surface area contributed by atoms with Gasteiger partial charge in [0.15, 0.2) is 0 Å². The van der Waals surface area contributed by atoms with Gasteiger partial charge in [0.1, 0.15) is 17.3 Å². The topological polar surface area (TPSA) is 92.0 Å². The molecule has 0 N–H and O–H groups in total. The van der Waals surface area contributed by atoms with E-state index < -0.39 is 0 Å². The van der Waals surface area contributed by atoms with Crippen LogP contribution in [0.4, 0.5) is 5.13 Å². The minimum Gasteiger partial charge on any atom is -0.497 e. The number of carbonyl (C=O) groups is 2. The Labute approximate surface area is 203 Å². The summed E-state index contributed by atoms with van der Waals surface area (Å²) in [6.45, 7) is 4.88. The highest BCUT2D eigenvalue weighted by Crippen LogP contribution is 2.23. The van der Waals surface area contributed by atoms with Gasteiger partial charge in [-0.05, 0) is 29.8 Å². The first kappa shape index (κ1) is 23.7. The number of nitrogens with zero attached hydrogens (tertiary/aromatic N) is 5. The molecule has 4 rings (SSSR count).